The molecule has 0 unspecified atom stereocenters. The summed E-state index contributed by atoms with van der Waals surface area (Å²) in [5.41, 5.74) is 6.40. The van der Waals surface area contributed by atoms with Crippen LogP contribution in [-0.2, 0) is 4.74 Å². The van der Waals surface area contributed by atoms with Crippen molar-refractivity contribution in [1.29, 1.82) is 0 Å². The van der Waals surface area contributed by atoms with Crippen molar-refractivity contribution in [2.24, 2.45) is 5.10 Å². The van der Waals surface area contributed by atoms with Crippen molar-refractivity contribution < 1.29 is 9.47 Å². The first-order valence-electron chi connectivity index (χ1n) is 11.3. The monoisotopic (exact) mass is 423 g/mol. The van der Waals surface area contributed by atoms with Crippen LogP contribution in [0.3, 0.4) is 0 Å². The summed E-state index contributed by atoms with van der Waals surface area (Å²) in [6, 6.07) is 12.9. The lowest BCUT2D eigenvalue weighted by atomic mass is 10.2. The zero-order chi connectivity index (χ0) is 21.3. The van der Waals surface area contributed by atoms with Gasteiger partial charge in [0.2, 0.25) is 5.88 Å². The minimum atomic E-state index is 0.599. The van der Waals surface area contributed by atoms with Gasteiger partial charge >= 0.3 is 0 Å². The Morgan fingerprint density at radius 1 is 1.19 bits per heavy atom. The SMILES string of the molecule is Cc1cccc(/C=N/Nc2cc(N3CCOCC3)cc(OCCNC3CCCC3)n2)c1. The number of ether oxygens (including phenoxy) is 2. The summed E-state index contributed by atoms with van der Waals surface area (Å²) in [7, 11) is 0. The smallest absolute Gasteiger partial charge is 0.217 e. The van der Waals surface area contributed by atoms with E-state index in [1.54, 1.807) is 0 Å². The summed E-state index contributed by atoms with van der Waals surface area (Å²) in [4.78, 5) is 6.91. The molecule has 0 bridgehead atoms. The third-order valence-corrected chi connectivity index (χ3v) is 5.74. The van der Waals surface area contributed by atoms with Crippen LogP contribution in [0.2, 0.25) is 0 Å². The number of morpholine rings is 1. The van der Waals surface area contributed by atoms with Crippen LogP contribution >= 0.6 is 0 Å². The number of benzene rings is 1. The molecule has 7 heteroatoms. The van der Waals surface area contributed by atoms with Crippen LogP contribution in [0.4, 0.5) is 11.5 Å². The van der Waals surface area contributed by atoms with Gasteiger partial charge in [0.15, 0.2) is 5.82 Å². The van der Waals surface area contributed by atoms with Gasteiger partial charge in [0.05, 0.1) is 19.4 Å². The number of rotatable bonds is 9. The van der Waals surface area contributed by atoms with Gasteiger partial charge in [0.1, 0.15) is 6.61 Å². The van der Waals surface area contributed by atoms with Crippen LogP contribution in [0.25, 0.3) is 0 Å². The molecule has 1 aromatic heterocycles. The maximum atomic E-state index is 5.99. The topological polar surface area (TPSA) is 71.0 Å². The van der Waals surface area contributed by atoms with Crippen molar-refractivity contribution >= 4 is 17.7 Å². The molecular formula is C24H33N5O2. The average Bonchev–Trinajstić information content (AvgIpc) is 3.31. The molecule has 2 heterocycles. The Morgan fingerprint density at radius 3 is 2.84 bits per heavy atom. The molecule has 166 valence electrons. The molecule has 2 fully saturated rings. The van der Waals surface area contributed by atoms with Gasteiger partial charge in [-0.1, -0.05) is 42.7 Å². The van der Waals surface area contributed by atoms with Crippen LogP contribution in [-0.4, -0.2) is 56.7 Å². The number of pyridine rings is 1. The van der Waals surface area contributed by atoms with E-state index in [1.807, 2.05) is 30.5 Å². The first kappa shape index (κ1) is 21.6. The Kier molecular flexibility index (Phi) is 7.74. The number of nitrogens with one attached hydrogen (secondary N) is 2. The molecular weight excluding hydrogens is 390 g/mol. The van der Waals surface area contributed by atoms with Crippen LogP contribution < -0.4 is 20.4 Å². The predicted octanol–water partition coefficient (Wildman–Crippen LogP) is 3.58. The molecule has 0 radical (unpaired) electrons. The van der Waals surface area contributed by atoms with E-state index in [9.17, 15) is 0 Å². The first-order valence-corrected chi connectivity index (χ1v) is 11.3. The van der Waals surface area contributed by atoms with E-state index < -0.39 is 0 Å². The highest BCUT2D eigenvalue weighted by atomic mass is 16.5. The second-order valence-electron chi connectivity index (χ2n) is 8.22. The number of hydrazone groups is 1. The maximum absolute atomic E-state index is 5.99. The van der Waals surface area contributed by atoms with Crippen LogP contribution in [0.15, 0.2) is 41.5 Å². The summed E-state index contributed by atoms with van der Waals surface area (Å²) in [5, 5.41) is 7.96. The zero-order valence-corrected chi connectivity index (χ0v) is 18.3. The standard InChI is InChI=1S/C24H33N5O2/c1-19-5-4-6-20(15-19)18-26-28-23-16-22(29-10-13-30-14-11-29)17-24(27-23)31-12-9-25-21-7-2-3-8-21/h4-6,15-18,21,25H,2-3,7-14H2,1H3,(H,27,28)/b26-18+. The second kappa shape index (κ2) is 11.1. The van der Waals surface area contributed by atoms with Crippen LogP contribution in [0.5, 0.6) is 5.88 Å². The molecule has 2 aromatic rings. The van der Waals surface area contributed by atoms with Gasteiger partial charge in [-0.25, -0.2) is 0 Å². The summed E-state index contributed by atoms with van der Waals surface area (Å²) in [6.45, 7) is 6.70. The molecule has 1 saturated heterocycles. The molecule has 0 atom stereocenters. The number of hydrogen-bond acceptors (Lipinski definition) is 7. The van der Waals surface area contributed by atoms with Crippen molar-refractivity contribution in [3.8, 4) is 5.88 Å². The summed E-state index contributed by atoms with van der Waals surface area (Å²) < 4.78 is 11.5. The van der Waals surface area contributed by atoms with Crippen molar-refractivity contribution in [2.45, 2.75) is 38.6 Å². The summed E-state index contributed by atoms with van der Waals surface area (Å²) in [6.07, 6.45) is 7.03. The first-order chi connectivity index (χ1) is 15.3. The zero-order valence-electron chi connectivity index (χ0n) is 18.3. The molecule has 31 heavy (non-hydrogen) atoms. The fourth-order valence-electron chi connectivity index (χ4n) is 4.10. The Labute approximate surface area is 184 Å². The molecule has 1 aliphatic carbocycles. The second-order valence-corrected chi connectivity index (χ2v) is 8.22. The van der Waals surface area contributed by atoms with Gasteiger partial charge in [0, 0.05) is 43.5 Å². The highest BCUT2D eigenvalue weighted by molar-refractivity contribution is 5.80. The highest BCUT2D eigenvalue weighted by Crippen LogP contribution is 2.25. The normalized spacial score (nSPS) is 17.4. The number of aryl methyl sites for hydroxylation is 1. The van der Waals surface area contributed by atoms with E-state index in [0.717, 1.165) is 44.1 Å². The summed E-state index contributed by atoms with van der Waals surface area (Å²) >= 11 is 0. The van der Waals surface area contributed by atoms with Gasteiger partial charge in [0.25, 0.3) is 0 Å². The number of nitrogens with zero attached hydrogens (tertiary/aromatic N) is 3. The molecule has 4 rings (SSSR count). The molecule has 2 N–H and O–H groups in total. The fraction of sp³-hybridized carbons (Fsp3) is 0.500. The van der Waals surface area contributed by atoms with Crippen LogP contribution in [0.1, 0.15) is 36.8 Å². The highest BCUT2D eigenvalue weighted by Gasteiger charge is 2.15. The third-order valence-electron chi connectivity index (χ3n) is 5.74. The van der Waals surface area contributed by atoms with Crippen molar-refractivity contribution in [2.75, 3.05) is 49.8 Å². The third kappa shape index (κ3) is 6.67. The lowest BCUT2D eigenvalue weighted by Gasteiger charge is -2.29. The molecule has 1 saturated carbocycles. The predicted molar refractivity (Wildman–Crippen MR) is 125 cm³/mol. The van der Waals surface area contributed by atoms with E-state index in [-0.39, 0.29) is 0 Å². The van der Waals surface area contributed by atoms with Gasteiger partial charge in [-0.15, -0.1) is 0 Å². The van der Waals surface area contributed by atoms with E-state index in [2.05, 4.69) is 44.8 Å². The Hall–Kier alpha value is -2.64. The minimum absolute atomic E-state index is 0.599. The van der Waals surface area contributed by atoms with E-state index in [4.69, 9.17) is 9.47 Å². The van der Waals surface area contributed by atoms with Crippen LogP contribution in [0, 0.1) is 6.92 Å². The van der Waals surface area contributed by atoms with Crippen molar-refractivity contribution in [3.05, 3.63) is 47.5 Å². The molecule has 1 aliphatic heterocycles. The molecule has 2 aliphatic rings. The van der Waals surface area contributed by atoms with E-state index in [0.29, 0.717) is 24.3 Å². The van der Waals surface area contributed by atoms with E-state index >= 15 is 0 Å². The quantitative estimate of drug-likeness (QED) is 0.365. The number of hydrogen-bond donors (Lipinski definition) is 2. The van der Waals surface area contributed by atoms with Gasteiger partial charge in [-0.05, 0) is 25.3 Å². The fourth-order valence-corrected chi connectivity index (χ4v) is 4.10. The van der Waals surface area contributed by atoms with Gasteiger partial charge in [-0.2, -0.15) is 10.1 Å². The Bertz CT molecular complexity index is 861. The van der Waals surface area contributed by atoms with Gasteiger partial charge < -0.3 is 19.7 Å². The maximum Gasteiger partial charge on any atom is 0.217 e. The minimum Gasteiger partial charge on any atom is -0.476 e. The lowest BCUT2D eigenvalue weighted by molar-refractivity contribution is 0.122. The molecule has 1 aromatic carbocycles. The van der Waals surface area contributed by atoms with Gasteiger partial charge in [-0.3, -0.25) is 5.43 Å². The Morgan fingerprint density at radius 2 is 2.03 bits per heavy atom. The molecule has 0 spiro atoms. The summed E-state index contributed by atoms with van der Waals surface area (Å²) in [5.74, 6) is 1.29. The molecule has 7 nitrogen and oxygen atoms in total. The van der Waals surface area contributed by atoms with E-state index in [1.165, 1.54) is 31.2 Å². The number of aromatic nitrogens is 1. The largest absolute Gasteiger partial charge is 0.476 e. The van der Waals surface area contributed by atoms with Crippen molar-refractivity contribution in [1.82, 2.24) is 10.3 Å². The van der Waals surface area contributed by atoms with Crippen molar-refractivity contribution in [3.63, 3.8) is 0 Å². The molecule has 0 amide bonds. The Balaban J connectivity index is 1.40. The number of anilines is 2. The average molecular weight is 424 g/mol. The lowest BCUT2D eigenvalue weighted by Crippen LogP contribution is -2.36.